The van der Waals surface area contributed by atoms with E-state index in [0.29, 0.717) is 17.1 Å². The zero-order valence-corrected chi connectivity index (χ0v) is 15.5. The first-order valence-corrected chi connectivity index (χ1v) is 8.63. The lowest BCUT2D eigenvalue weighted by molar-refractivity contribution is -0.384. The van der Waals surface area contributed by atoms with E-state index in [9.17, 15) is 19.7 Å². The summed E-state index contributed by atoms with van der Waals surface area (Å²) < 4.78 is 0. The van der Waals surface area contributed by atoms with Crippen LogP contribution in [0.1, 0.15) is 10.4 Å². The van der Waals surface area contributed by atoms with Gasteiger partial charge in [0, 0.05) is 29.7 Å². The average Bonchev–Trinajstić information content (AvgIpc) is 2.70. The number of hydrogen-bond donors (Lipinski definition) is 3. The Hall–Kier alpha value is -3.98. The van der Waals surface area contributed by atoms with Crippen LogP contribution < -0.4 is 16.0 Å². The van der Waals surface area contributed by atoms with Gasteiger partial charge in [0.15, 0.2) is 0 Å². The third-order valence-corrected chi connectivity index (χ3v) is 4.06. The van der Waals surface area contributed by atoms with E-state index in [1.54, 1.807) is 42.6 Å². The van der Waals surface area contributed by atoms with Crippen molar-refractivity contribution in [1.82, 2.24) is 4.98 Å². The molecule has 3 amide bonds. The summed E-state index contributed by atoms with van der Waals surface area (Å²) in [5.41, 5.74) is 1.22. The number of halogens is 1. The van der Waals surface area contributed by atoms with Crippen LogP contribution in [0.2, 0.25) is 5.02 Å². The lowest BCUT2D eigenvalue weighted by Crippen LogP contribution is -2.19. The van der Waals surface area contributed by atoms with E-state index in [2.05, 4.69) is 20.9 Å². The number of anilines is 3. The number of urea groups is 1. The van der Waals surface area contributed by atoms with E-state index < -0.39 is 16.9 Å². The van der Waals surface area contributed by atoms with Gasteiger partial charge in [-0.25, -0.2) is 4.79 Å². The third kappa shape index (κ3) is 5.27. The molecule has 2 aromatic carbocycles. The largest absolute Gasteiger partial charge is 0.323 e. The molecule has 0 unspecified atom stereocenters. The Bertz CT molecular complexity index is 1060. The van der Waals surface area contributed by atoms with Gasteiger partial charge >= 0.3 is 6.03 Å². The lowest BCUT2D eigenvalue weighted by atomic mass is 10.2. The first-order valence-electron chi connectivity index (χ1n) is 8.26. The van der Waals surface area contributed by atoms with Crippen LogP contribution in [0.25, 0.3) is 0 Å². The fraction of sp³-hybridized carbons (Fsp3) is 0. The second-order valence-electron chi connectivity index (χ2n) is 5.77. The summed E-state index contributed by atoms with van der Waals surface area (Å²) >= 11 is 5.97. The Morgan fingerprint density at radius 1 is 0.931 bits per heavy atom. The summed E-state index contributed by atoms with van der Waals surface area (Å²) in [6, 6.07) is 12.9. The van der Waals surface area contributed by atoms with Crippen molar-refractivity contribution in [2.24, 2.45) is 0 Å². The number of amides is 3. The number of nitrogens with zero attached hydrogens (tertiary/aromatic N) is 2. The Balaban J connectivity index is 1.63. The first kappa shape index (κ1) is 19.8. The van der Waals surface area contributed by atoms with E-state index in [0.717, 1.165) is 6.07 Å². The summed E-state index contributed by atoms with van der Waals surface area (Å²) in [4.78, 5) is 38.5. The van der Waals surface area contributed by atoms with Crippen molar-refractivity contribution in [3.05, 3.63) is 87.7 Å². The van der Waals surface area contributed by atoms with Gasteiger partial charge < -0.3 is 16.0 Å². The molecule has 3 N–H and O–H groups in total. The predicted octanol–water partition coefficient (Wildman–Crippen LogP) is 4.54. The highest BCUT2D eigenvalue weighted by atomic mass is 35.5. The predicted molar refractivity (Wildman–Crippen MR) is 109 cm³/mol. The summed E-state index contributed by atoms with van der Waals surface area (Å²) in [5.74, 6) is -0.589. The molecule has 0 aliphatic rings. The number of hydrogen-bond acceptors (Lipinski definition) is 5. The molecule has 0 radical (unpaired) electrons. The number of nitro groups is 1. The summed E-state index contributed by atoms with van der Waals surface area (Å²) in [5, 5.41) is 18.8. The van der Waals surface area contributed by atoms with Crippen LogP contribution in [0.4, 0.5) is 27.5 Å². The maximum atomic E-state index is 12.4. The SMILES string of the molecule is O=C(Nc1ccc(NC(=O)c2cc([N+](=O)[O-])ccc2Cl)cc1)Nc1cccnc1. The van der Waals surface area contributed by atoms with Crippen molar-refractivity contribution >= 4 is 46.3 Å². The summed E-state index contributed by atoms with van der Waals surface area (Å²) in [6.45, 7) is 0. The molecule has 9 nitrogen and oxygen atoms in total. The molecule has 0 bridgehead atoms. The molecule has 0 atom stereocenters. The molecule has 146 valence electrons. The fourth-order valence-electron chi connectivity index (χ4n) is 2.37. The molecule has 0 aliphatic carbocycles. The van der Waals surface area contributed by atoms with Crippen LogP contribution >= 0.6 is 11.6 Å². The van der Waals surface area contributed by atoms with Crippen LogP contribution in [0, 0.1) is 10.1 Å². The fourth-order valence-corrected chi connectivity index (χ4v) is 2.57. The van der Waals surface area contributed by atoms with Gasteiger partial charge in [-0.2, -0.15) is 0 Å². The number of nitro benzene ring substituents is 1. The van der Waals surface area contributed by atoms with E-state index in [1.165, 1.54) is 18.3 Å². The number of aromatic nitrogens is 1. The molecule has 1 aromatic heterocycles. The highest BCUT2D eigenvalue weighted by Crippen LogP contribution is 2.23. The highest BCUT2D eigenvalue weighted by Gasteiger charge is 2.16. The Labute approximate surface area is 169 Å². The first-order chi connectivity index (χ1) is 13.9. The topological polar surface area (TPSA) is 126 Å². The zero-order chi connectivity index (χ0) is 20.8. The summed E-state index contributed by atoms with van der Waals surface area (Å²) in [7, 11) is 0. The van der Waals surface area contributed by atoms with Gasteiger partial charge in [0.1, 0.15) is 0 Å². The number of carbonyl (C=O) groups is 2. The van der Waals surface area contributed by atoms with Gasteiger partial charge in [-0.1, -0.05) is 11.6 Å². The summed E-state index contributed by atoms with van der Waals surface area (Å²) in [6.07, 6.45) is 3.11. The molecule has 0 spiro atoms. The Morgan fingerprint density at radius 2 is 1.59 bits per heavy atom. The van der Waals surface area contributed by atoms with Crippen molar-refractivity contribution in [1.29, 1.82) is 0 Å². The molecule has 0 saturated carbocycles. The number of rotatable bonds is 5. The molecular formula is C19H14ClN5O4. The van der Waals surface area contributed by atoms with Crippen LogP contribution in [-0.4, -0.2) is 21.8 Å². The number of carbonyl (C=O) groups excluding carboxylic acids is 2. The molecule has 3 aromatic rings. The number of nitrogens with one attached hydrogen (secondary N) is 3. The minimum Gasteiger partial charge on any atom is -0.322 e. The Kier molecular flexibility index (Phi) is 6.00. The normalized spacial score (nSPS) is 10.1. The second-order valence-corrected chi connectivity index (χ2v) is 6.18. The van der Waals surface area contributed by atoms with Crippen molar-refractivity contribution in [3.63, 3.8) is 0 Å². The van der Waals surface area contributed by atoms with Crippen LogP contribution in [0.5, 0.6) is 0 Å². The molecule has 3 rings (SSSR count). The monoisotopic (exact) mass is 411 g/mol. The van der Waals surface area contributed by atoms with E-state index >= 15 is 0 Å². The average molecular weight is 412 g/mol. The minimum atomic E-state index is -0.607. The van der Waals surface area contributed by atoms with Crippen LogP contribution in [0.15, 0.2) is 67.0 Å². The molecule has 0 saturated heterocycles. The van der Waals surface area contributed by atoms with Gasteiger partial charge in [0.05, 0.1) is 27.4 Å². The molecule has 1 heterocycles. The molecular weight excluding hydrogens is 398 g/mol. The van der Waals surface area contributed by atoms with Crippen LogP contribution in [0.3, 0.4) is 0 Å². The van der Waals surface area contributed by atoms with Gasteiger partial charge in [-0.3, -0.25) is 19.9 Å². The highest BCUT2D eigenvalue weighted by molar-refractivity contribution is 6.34. The maximum absolute atomic E-state index is 12.4. The van der Waals surface area contributed by atoms with Gasteiger partial charge in [-0.05, 0) is 42.5 Å². The standard InChI is InChI=1S/C19H14ClN5O4/c20-17-8-7-15(25(28)29)10-16(17)18(26)22-12-3-5-13(6-4-12)23-19(27)24-14-2-1-9-21-11-14/h1-11H,(H,22,26)(H2,23,24,27). The number of non-ortho nitro benzene ring substituents is 1. The molecule has 10 heteroatoms. The number of pyridine rings is 1. The minimum absolute atomic E-state index is 0.0149. The van der Waals surface area contributed by atoms with Crippen molar-refractivity contribution < 1.29 is 14.5 Å². The van der Waals surface area contributed by atoms with Crippen molar-refractivity contribution in [2.45, 2.75) is 0 Å². The van der Waals surface area contributed by atoms with E-state index in [-0.39, 0.29) is 16.3 Å². The molecule has 0 aliphatic heterocycles. The number of benzene rings is 2. The molecule has 29 heavy (non-hydrogen) atoms. The zero-order valence-electron chi connectivity index (χ0n) is 14.8. The van der Waals surface area contributed by atoms with E-state index in [1.807, 2.05) is 0 Å². The second kappa shape index (κ2) is 8.81. The van der Waals surface area contributed by atoms with Crippen LogP contribution in [-0.2, 0) is 0 Å². The van der Waals surface area contributed by atoms with Gasteiger partial charge in [-0.15, -0.1) is 0 Å². The quantitative estimate of drug-likeness (QED) is 0.419. The Morgan fingerprint density at radius 3 is 2.21 bits per heavy atom. The van der Waals surface area contributed by atoms with Gasteiger partial charge in [0.2, 0.25) is 0 Å². The van der Waals surface area contributed by atoms with Crippen molar-refractivity contribution in [3.8, 4) is 0 Å². The maximum Gasteiger partial charge on any atom is 0.323 e. The lowest BCUT2D eigenvalue weighted by Gasteiger charge is -2.09. The van der Waals surface area contributed by atoms with Crippen molar-refractivity contribution in [2.75, 3.05) is 16.0 Å². The van der Waals surface area contributed by atoms with E-state index in [4.69, 9.17) is 11.6 Å². The smallest absolute Gasteiger partial charge is 0.322 e. The molecule has 0 fully saturated rings. The third-order valence-electron chi connectivity index (χ3n) is 3.73. The van der Waals surface area contributed by atoms with Gasteiger partial charge in [0.25, 0.3) is 11.6 Å².